The third-order valence-electron chi connectivity index (χ3n) is 4.92. The molecule has 32 heavy (non-hydrogen) atoms. The van der Waals surface area contributed by atoms with Crippen molar-refractivity contribution in [1.29, 1.82) is 0 Å². The number of nitrogens with zero attached hydrogens (tertiary/aromatic N) is 5. The Bertz CT molecular complexity index is 805. The van der Waals surface area contributed by atoms with Gasteiger partial charge >= 0.3 is 0 Å². The van der Waals surface area contributed by atoms with E-state index >= 15 is 0 Å². The van der Waals surface area contributed by atoms with E-state index in [0.29, 0.717) is 30.9 Å². The molecule has 0 unspecified atom stereocenters. The molecule has 2 aromatic rings. The van der Waals surface area contributed by atoms with Crippen LogP contribution in [0.1, 0.15) is 25.8 Å². The Hall–Kier alpha value is -3.19. The molecule has 172 valence electrons. The van der Waals surface area contributed by atoms with Crippen LogP contribution in [0.25, 0.3) is 6.08 Å². The Kier molecular flexibility index (Phi) is 11.6. The number of hydrogen-bond donors (Lipinski definition) is 2. The molecule has 0 fully saturated rings. The van der Waals surface area contributed by atoms with Gasteiger partial charge in [-0.25, -0.2) is 0 Å². The molecule has 0 bridgehead atoms. The molecule has 1 aromatic carbocycles. The van der Waals surface area contributed by atoms with Crippen molar-refractivity contribution in [3.05, 3.63) is 67.3 Å². The minimum absolute atomic E-state index is 0.543. The van der Waals surface area contributed by atoms with Gasteiger partial charge in [0.05, 0.1) is 0 Å². The van der Waals surface area contributed by atoms with Crippen LogP contribution in [0.3, 0.4) is 0 Å². The van der Waals surface area contributed by atoms with Gasteiger partial charge in [0.15, 0.2) is 0 Å². The quantitative estimate of drug-likeness (QED) is 0.381. The van der Waals surface area contributed by atoms with E-state index in [-0.39, 0.29) is 0 Å². The molecule has 2 N–H and O–H groups in total. The lowest BCUT2D eigenvalue weighted by atomic mass is 10.2. The van der Waals surface area contributed by atoms with Gasteiger partial charge in [-0.3, -0.25) is 4.90 Å². The van der Waals surface area contributed by atoms with Gasteiger partial charge in [0.2, 0.25) is 17.8 Å². The highest BCUT2D eigenvalue weighted by Crippen LogP contribution is 2.14. The largest absolute Gasteiger partial charge is 0.351 e. The van der Waals surface area contributed by atoms with Crippen molar-refractivity contribution in [1.82, 2.24) is 19.9 Å². The van der Waals surface area contributed by atoms with Crippen LogP contribution in [0.4, 0.5) is 17.8 Å². The molecule has 0 radical (unpaired) electrons. The number of nitrogens with one attached hydrogen (secondary N) is 2. The first kappa shape index (κ1) is 25.1. The third kappa shape index (κ3) is 8.89. The van der Waals surface area contributed by atoms with E-state index in [9.17, 15) is 0 Å². The molecule has 0 amide bonds. The number of aromatic nitrogens is 3. The van der Waals surface area contributed by atoms with E-state index in [1.54, 1.807) is 12.2 Å². The molecule has 0 spiro atoms. The third-order valence-corrected chi connectivity index (χ3v) is 4.92. The minimum Gasteiger partial charge on any atom is -0.351 e. The van der Waals surface area contributed by atoms with Gasteiger partial charge in [-0.05, 0) is 25.5 Å². The van der Waals surface area contributed by atoms with Crippen molar-refractivity contribution in [2.24, 2.45) is 0 Å². The molecule has 7 heteroatoms. The Balaban J connectivity index is 1.95. The fraction of sp³-hybridized carbons (Fsp3) is 0.400. The summed E-state index contributed by atoms with van der Waals surface area (Å²) in [5.74, 6) is 1.76. The van der Waals surface area contributed by atoms with Crippen molar-refractivity contribution < 1.29 is 0 Å². The second-order valence-corrected chi connectivity index (χ2v) is 7.26. The topological polar surface area (TPSA) is 69.2 Å². The van der Waals surface area contributed by atoms with Crippen LogP contribution < -0.4 is 15.5 Å². The molecule has 2 rings (SSSR count). The zero-order valence-electron chi connectivity index (χ0n) is 19.5. The average molecular weight is 436 g/mol. The number of rotatable bonds is 16. The van der Waals surface area contributed by atoms with E-state index < -0.39 is 0 Å². The van der Waals surface area contributed by atoms with E-state index in [1.807, 2.05) is 6.07 Å². The molecule has 0 aliphatic heterocycles. The lowest BCUT2D eigenvalue weighted by molar-refractivity contribution is 0.315. The van der Waals surface area contributed by atoms with Crippen LogP contribution >= 0.6 is 0 Å². The maximum atomic E-state index is 4.61. The van der Waals surface area contributed by atoms with Crippen LogP contribution in [0.5, 0.6) is 0 Å². The summed E-state index contributed by atoms with van der Waals surface area (Å²) in [6.07, 6.45) is 9.00. The zero-order valence-corrected chi connectivity index (χ0v) is 19.5. The number of likely N-dealkylation sites (N-methyl/N-ethyl adjacent to an activating group) is 1. The lowest BCUT2D eigenvalue weighted by Gasteiger charge is -2.24. The van der Waals surface area contributed by atoms with E-state index in [4.69, 9.17) is 0 Å². The molecular formula is C25H37N7. The van der Waals surface area contributed by atoms with E-state index in [0.717, 1.165) is 39.1 Å². The molecular weight excluding hydrogens is 398 g/mol. The SMILES string of the molecule is C=CCNc1nc(NCC=C)nc(N(CC)CCCN(CC)CC=Cc2ccccc2)n1. The first-order valence-corrected chi connectivity index (χ1v) is 11.3. The maximum absolute atomic E-state index is 4.61. The van der Waals surface area contributed by atoms with Crippen molar-refractivity contribution in [2.45, 2.75) is 20.3 Å². The Morgan fingerprint density at radius 1 is 0.875 bits per heavy atom. The zero-order chi connectivity index (χ0) is 23.0. The molecule has 0 aliphatic carbocycles. The Morgan fingerprint density at radius 2 is 1.53 bits per heavy atom. The molecule has 1 heterocycles. The molecule has 0 atom stereocenters. The normalized spacial score (nSPS) is 11.0. The second kappa shape index (κ2) is 14.8. The standard InChI is InChI=1S/C25H37N7/c1-5-17-26-23-28-24(27-18-6-2)30-25(29-23)32(8-4)21-13-20-31(7-3)19-12-16-22-14-10-9-11-15-22/h5-6,9-12,14-16H,1-2,7-8,13,17-21H2,3-4H3,(H2,26,27,28,29,30). The highest BCUT2D eigenvalue weighted by Gasteiger charge is 2.12. The monoisotopic (exact) mass is 435 g/mol. The fourth-order valence-corrected chi connectivity index (χ4v) is 3.16. The van der Waals surface area contributed by atoms with Crippen LogP contribution in [-0.2, 0) is 0 Å². The molecule has 7 nitrogen and oxygen atoms in total. The summed E-state index contributed by atoms with van der Waals surface area (Å²) >= 11 is 0. The first-order valence-electron chi connectivity index (χ1n) is 11.3. The van der Waals surface area contributed by atoms with Crippen molar-refractivity contribution >= 4 is 23.9 Å². The first-order chi connectivity index (χ1) is 15.7. The van der Waals surface area contributed by atoms with Gasteiger partial charge in [0.1, 0.15) is 0 Å². The van der Waals surface area contributed by atoms with Crippen molar-refractivity contribution in [3.63, 3.8) is 0 Å². The summed E-state index contributed by atoms with van der Waals surface area (Å²) in [6.45, 7) is 17.7. The summed E-state index contributed by atoms with van der Waals surface area (Å²) in [4.78, 5) is 18.3. The smallest absolute Gasteiger partial charge is 0.231 e. The van der Waals surface area contributed by atoms with Gasteiger partial charge in [-0.1, -0.05) is 61.6 Å². The summed E-state index contributed by atoms with van der Waals surface area (Å²) < 4.78 is 0. The Morgan fingerprint density at radius 3 is 2.09 bits per heavy atom. The number of benzene rings is 1. The van der Waals surface area contributed by atoms with Crippen LogP contribution in [0.15, 0.2) is 61.7 Å². The van der Waals surface area contributed by atoms with Gasteiger partial charge in [-0.15, -0.1) is 13.2 Å². The van der Waals surface area contributed by atoms with Crippen LogP contribution in [0, 0.1) is 0 Å². The number of anilines is 3. The molecule has 0 saturated carbocycles. The molecule has 0 saturated heterocycles. The Labute approximate surface area is 193 Å². The summed E-state index contributed by atoms with van der Waals surface area (Å²) in [6, 6.07) is 10.4. The van der Waals surface area contributed by atoms with Crippen LogP contribution in [-0.4, -0.2) is 65.7 Å². The fourth-order valence-electron chi connectivity index (χ4n) is 3.16. The minimum atomic E-state index is 0.543. The van der Waals surface area contributed by atoms with Gasteiger partial charge < -0.3 is 15.5 Å². The van der Waals surface area contributed by atoms with E-state index in [2.05, 4.69) is 98.8 Å². The van der Waals surface area contributed by atoms with Crippen molar-refractivity contribution in [2.75, 3.05) is 61.3 Å². The molecule has 1 aromatic heterocycles. The van der Waals surface area contributed by atoms with E-state index in [1.165, 1.54) is 5.56 Å². The van der Waals surface area contributed by atoms with Crippen molar-refractivity contribution in [3.8, 4) is 0 Å². The van der Waals surface area contributed by atoms with Gasteiger partial charge in [0.25, 0.3) is 0 Å². The lowest BCUT2D eigenvalue weighted by Crippen LogP contribution is -2.31. The number of hydrogen-bond acceptors (Lipinski definition) is 7. The summed E-state index contributed by atoms with van der Waals surface area (Å²) in [5, 5.41) is 6.32. The maximum Gasteiger partial charge on any atom is 0.231 e. The predicted molar refractivity (Wildman–Crippen MR) is 137 cm³/mol. The highest BCUT2D eigenvalue weighted by molar-refractivity contribution is 5.48. The summed E-state index contributed by atoms with van der Waals surface area (Å²) in [5.41, 5.74) is 1.23. The predicted octanol–water partition coefficient (Wildman–Crippen LogP) is 4.32. The average Bonchev–Trinajstić information content (AvgIpc) is 2.83. The van der Waals surface area contributed by atoms with Gasteiger partial charge in [0, 0.05) is 39.3 Å². The highest BCUT2D eigenvalue weighted by atomic mass is 15.3. The molecule has 0 aliphatic rings. The second-order valence-electron chi connectivity index (χ2n) is 7.26. The summed E-state index contributed by atoms with van der Waals surface area (Å²) in [7, 11) is 0. The van der Waals surface area contributed by atoms with Gasteiger partial charge in [-0.2, -0.15) is 15.0 Å². The van der Waals surface area contributed by atoms with Crippen LogP contribution in [0.2, 0.25) is 0 Å².